The molecule has 11 nitrogen and oxygen atoms in total. The number of benzene rings is 2. The minimum atomic E-state index is -4.58. The molecule has 3 fully saturated rings. The predicted octanol–water partition coefficient (Wildman–Crippen LogP) is 6.09. The van der Waals surface area contributed by atoms with Crippen LogP contribution in [0.25, 0.3) is 32.9 Å². The van der Waals surface area contributed by atoms with Crippen molar-refractivity contribution in [3.63, 3.8) is 0 Å². The maximum atomic E-state index is 14.0. The molecule has 5 heterocycles. The molecule has 0 unspecified atom stereocenters. The Kier molecular flexibility index (Phi) is 10.0. The van der Waals surface area contributed by atoms with Gasteiger partial charge in [-0.25, -0.2) is 0 Å². The van der Waals surface area contributed by atoms with Crippen LogP contribution in [0.15, 0.2) is 37.1 Å². The van der Waals surface area contributed by atoms with E-state index in [1.54, 1.807) is 13.3 Å². The van der Waals surface area contributed by atoms with Gasteiger partial charge in [-0.05, 0) is 73.9 Å². The Morgan fingerprint density at radius 1 is 1.10 bits per heavy atom. The molecule has 2 aromatic carbocycles. The normalized spacial score (nSPS) is 18.3. The lowest BCUT2D eigenvalue weighted by Gasteiger charge is -2.54. The number of aromatic nitrogens is 4. The molecule has 3 saturated heterocycles. The van der Waals surface area contributed by atoms with Gasteiger partial charge in [0.2, 0.25) is 5.91 Å². The summed E-state index contributed by atoms with van der Waals surface area (Å²) >= 11 is 0. The number of hydrogen-bond acceptors (Lipinski definition) is 9. The quantitative estimate of drug-likeness (QED) is 0.184. The number of carbonyl (C=O) groups excluding carboxylic acids is 1. The van der Waals surface area contributed by atoms with Crippen LogP contribution in [0.5, 0.6) is 11.8 Å². The molecule has 52 heavy (non-hydrogen) atoms. The summed E-state index contributed by atoms with van der Waals surface area (Å²) in [7, 11) is 1.69. The first-order valence-electron chi connectivity index (χ1n) is 18.1. The Balaban J connectivity index is 1.34. The average Bonchev–Trinajstić information content (AvgIpc) is 3.60. The molecular weight excluding hydrogens is 675 g/mol. The zero-order valence-electron chi connectivity index (χ0n) is 30.0. The van der Waals surface area contributed by atoms with E-state index < -0.39 is 12.8 Å². The summed E-state index contributed by atoms with van der Waals surface area (Å²) in [6.45, 7) is 11.9. The molecule has 278 valence electrons. The molecule has 14 heteroatoms. The van der Waals surface area contributed by atoms with E-state index in [2.05, 4.69) is 26.6 Å². The number of rotatable bonds is 11. The first-order chi connectivity index (χ1) is 25.0. The first kappa shape index (κ1) is 36.0. The number of carbonyl (C=O) groups is 1. The van der Waals surface area contributed by atoms with E-state index in [0.717, 1.165) is 72.9 Å². The number of anilines is 1. The van der Waals surface area contributed by atoms with E-state index in [1.807, 2.05) is 36.9 Å². The third kappa shape index (κ3) is 7.14. The number of ether oxygens (including phenoxy) is 3. The number of nitrogens with one attached hydrogen (secondary N) is 1. The van der Waals surface area contributed by atoms with Gasteiger partial charge in [0.1, 0.15) is 17.4 Å². The molecule has 1 spiro atoms. The van der Waals surface area contributed by atoms with Gasteiger partial charge in [-0.15, -0.1) is 0 Å². The molecule has 2 aromatic heterocycles. The lowest BCUT2D eigenvalue weighted by Crippen LogP contribution is -2.61. The van der Waals surface area contributed by atoms with Crippen LogP contribution in [0.2, 0.25) is 0 Å². The molecule has 0 atom stereocenters. The van der Waals surface area contributed by atoms with Gasteiger partial charge >= 0.3 is 12.2 Å². The van der Waals surface area contributed by atoms with Crippen molar-refractivity contribution in [3.05, 3.63) is 48.2 Å². The number of fused-ring (bicyclic) bond motifs is 2. The number of alkyl halides is 3. The summed E-state index contributed by atoms with van der Waals surface area (Å²) in [6, 6.07) is 5.97. The van der Waals surface area contributed by atoms with Gasteiger partial charge < -0.3 is 28.9 Å². The van der Waals surface area contributed by atoms with Crippen LogP contribution in [-0.4, -0.2) is 114 Å². The summed E-state index contributed by atoms with van der Waals surface area (Å²) < 4.78 is 59.5. The van der Waals surface area contributed by atoms with Crippen molar-refractivity contribution in [2.24, 2.45) is 5.41 Å². The van der Waals surface area contributed by atoms with Crippen molar-refractivity contribution in [1.29, 1.82) is 0 Å². The van der Waals surface area contributed by atoms with Crippen molar-refractivity contribution in [2.45, 2.75) is 58.2 Å². The highest BCUT2D eigenvalue weighted by Crippen LogP contribution is 2.48. The Morgan fingerprint density at radius 2 is 1.85 bits per heavy atom. The molecule has 1 N–H and O–H groups in total. The van der Waals surface area contributed by atoms with Gasteiger partial charge in [-0.3, -0.25) is 9.89 Å². The smallest absolute Gasteiger partial charge is 0.422 e. The van der Waals surface area contributed by atoms with E-state index in [9.17, 15) is 18.0 Å². The fourth-order valence-corrected chi connectivity index (χ4v) is 8.03. The predicted molar refractivity (Wildman–Crippen MR) is 193 cm³/mol. The summed E-state index contributed by atoms with van der Waals surface area (Å²) in [6.07, 6.45) is 2.02. The number of aromatic amines is 1. The summed E-state index contributed by atoms with van der Waals surface area (Å²) in [5.41, 5.74) is 4.06. The molecule has 0 bridgehead atoms. The van der Waals surface area contributed by atoms with Gasteiger partial charge in [0.15, 0.2) is 12.4 Å². The number of piperidine rings is 2. The lowest BCUT2D eigenvalue weighted by atomic mass is 9.72. The number of nitrogens with zero attached hydrogens (tertiary/aromatic N) is 6. The second-order valence-electron chi connectivity index (χ2n) is 14.3. The van der Waals surface area contributed by atoms with Crippen molar-refractivity contribution < 1.29 is 32.2 Å². The number of aryl methyl sites for hydroxylation is 2. The summed E-state index contributed by atoms with van der Waals surface area (Å²) in [5.74, 6) is 0.608. The monoisotopic (exact) mass is 721 g/mol. The Morgan fingerprint density at radius 3 is 2.52 bits per heavy atom. The maximum Gasteiger partial charge on any atom is 0.422 e. The molecule has 4 aromatic rings. The standard InChI is InChI=1S/C38H46F3N7O4/c1-5-25-19-27-33(34(51-23-38(39,40)41)32(25)31-24(3)7-8-29-28(31)20-42-45-29)43-36(52-26-9-13-46(14-10-26)17-18-50-4)44-35(27)47-15-11-37(12-16-47)21-48(22-37)30(49)6-2/h6-8,19-20,26H,2,5,9-18,21-23H2,1,3-4H3,(H,42,45). The molecular formula is C38H46F3N7O4. The number of hydrogen-bond donors (Lipinski definition) is 1. The van der Waals surface area contributed by atoms with Crippen LogP contribution in [0.4, 0.5) is 19.0 Å². The third-order valence-electron chi connectivity index (χ3n) is 10.9. The summed E-state index contributed by atoms with van der Waals surface area (Å²) in [5, 5.41) is 8.64. The van der Waals surface area contributed by atoms with Crippen LogP contribution in [0.1, 0.15) is 43.7 Å². The van der Waals surface area contributed by atoms with Gasteiger partial charge in [-0.1, -0.05) is 19.6 Å². The minimum Gasteiger partial charge on any atom is -0.481 e. The Hall–Kier alpha value is -4.43. The zero-order chi connectivity index (χ0) is 36.6. The molecule has 0 radical (unpaired) electrons. The lowest BCUT2D eigenvalue weighted by molar-refractivity contribution is -0.153. The maximum absolute atomic E-state index is 14.0. The molecule has 7 rings (SSSR count). The van der Waals surface area contributed by atoms with E-state index >= 15 is 0 Å². The van der Waals surface area contributed by atoms with E-state index in [4.69, 9.17) is 24.2 Å². The highest BCUT2D eigenvalue weighted by atomic mass is 19.4. The molecule has 3 aliphatic rings. The second-order valence-corrected chi connectivity index (χ2v) is 14.3. The SMILES string of the molecule is C=CC(=O)N1CC2(CCN(c3nc(OC4CCN(CCOC)CC4)nc4c(OCC(F)(F)F)c(-c5c(C)ccc6[nH]ncc56)c(CC)cc34)CC2)C1. The van der Waals surface area contributed by atoms with Crippen LogP contribution in [-0.2, 0) is 16.0 Å². The highest BCUT2D eigenvalue weighted by molar-refractivity contribution is 6.05. The van der Waals surface area contributed by atoms with Crippen molar-refractivity contribution in [1.82, 2.24) is 30.0 Å². The Labute approximate surface area is 301 Å². The topological polar surface area (TPSA) is 109 Å². The zero-order valence-corrected chi connectivity index (χ0v) is 30.0. The van der Waals surface area contributed by atoms with Crippen molar-refractivity contribution >= 4 is 33.5 Å². The van der Waals surface area contributed by atoms with E-state index in [0.29, 0.717) is 56.0 Å². The fourth-order valence-electron chi connectivity index (χ4n) is 8.03. The highest BCUT2D eigenvalue weighted by Gasteiger charge is 2.46. The van der Waals surface area contributed by atoms with E-state index in [-0.39, 0.29) is 34.7 Å². The van der Waals surface area contributed by atoms with Crippen molar-refractivity contribution in [3.8, 4) is 22.9 Å². The van der Waals surface area contributed by atoms with Crippen LogP contribution < -0.4 is 14.4 Å². The first-order valence-corrected chi connectivity index (χ1v) is 18.1. The number of H-pyrrole nitrogens is 1. The molecule has 0 aliphatic carbocycles. The fraction of sp³-hybridized carbons (Fsp3) is 0.526. The number of methoxy groups -OCH3 is 1. The molecule has 0 saturated carbocycles. The minimum absolute atomic E-state index is 0.0254. The Bertz CT molecular complexity index is 1940. The number of amides is 1. The van der Waals surface area contributed by atoms with Gasteiger partial charge in [0.05, 0.1) is 18.3 Å². The van der Waals surface area contributed by atoms with Crippen LogP contribution in [0.3, 0.4) is 0 Å². The van der Waals surface area contributed by atoms with Crippen LogP contribution in [0, 0.1) is 12.3 Å². The van der Waals surface area contributed by atoms with E-state index in [1.165, 1.54) is 6.08 Å². The molecule has 3 aliphatic heterocycles. The van der Waals surface area contributed by atoms with Gasteiger partial charge in [-0.2, -0.15) is 28.2 Å². The number of likely N-dealkylation sites (tertiary alicyclic amines) is 2. The summed E-state index contributed by atoms with van der Waals surface area (Å²) in [4.78, 5) is 28.4. The molecule has 1 amide bonds. The largest absolute Gasteiger partial charge is 0.481 e. The average molecular weight is 722 g/mol. The van der Waals surface area contributed by atoms with Gasteiger partial charge in [0, 0.05) is 74.7 Å². The second kappa shape index (κ2) is 14.5. The number of halogens is 3. The third-order valence-corrected chi connectivity index (χ3v) is 10.9. The van der Waals surface area contributed by atoms with Crippen molar-refractivity contribution in [2.75, 3.05) is 71.0 Å². The van der Waals surface area contributed by atoms with Crippen LogP contribution >= 0.6 is 0 Å². The van der Waals surface area contributed by atoms with Gasteiger partial charge in [0.25, 0.3) is 0 Å².